The zero-order valence-electron chi connectivity index (χ0n) is 16.4. The summed E-state index contributed by atoms with van der Waals surface area (Å²) in [6.45, 7) is 0.781. The van der Waals surface area contributed by atoms with Crippen LogP contribution in [0.15, 0.2) is 42.5 Å². The molecule has 3 rings (SSSR count). The van der Waals surface area contributed by atoms with Gasteiger partial charge in [-0.15, -0.1) is 0 Å². The summed E-state index contributed by atoms with van der Waals surface area (Å²) < 4.78 is 21.4. The summed E-state index contributed by atoms with van der Waals surface area (Å²) >= 11 is 0. The molecule has 2 aromatic carbocycles. The van der Waals surface area contributed by atoms with Gasteiger partial charge in [0.25, 0.3) is 0 Å². The van der Waals surface area contributed by atoms with Crippen LogP contribution in [0.25, 0.3) is 0 Å². The van der Waals surface area contributed by atoms with Crippen molar-refractivity contribution in [2.45, 2.75) is 18.4 Å². The van der Waals surface area contributed by atoms with Gasteiger partial charge >= 0.3 is 6.03 Å². The number of amides is 2. The maximum atomic E-state index is 12.3. The molecule has 0 spiro atoms. The van der Waals surface area contributed by atoms with Gasteiger partial charge in [-0.25, -0.2) is 4.79 Å². The van der Waals surface area contributed by atoms with E-state index in [1.165, 1.54) is 0 Å². The van der Waals surface area contributed by atoms with Gasteiger partial charge < -0.3 is 29.6 Å². The summed E-state index contributed by atoms with van der Waals surface area (Å²) in [5.41, 5.74) is 0.662. The Labute approximate surface area is 164 Å². The number of hydrogen-bond donors (Lipinski definition) is 2. The molecule has 1 saturated carbocycles. The van der Waals surface area contributed by atoms with Crippen LogP contribution in [-0.4, -0.2) is 40.5 Å². The Morgan fingerprint density at radius 1 is 0.929 bits per heavy atom. The van der Waals surface area contributed by atoms with E-state index < -0.39 is 0 Å². The molecule has 2 N–H and O–H groups in total. The third-order valence-electron chi connectivity index (χ3n) is 4.75. The zero-order chi connectivity index (χ0) is 20.0. The summed E-state index contributed by atoms with van der Waals surface area (Å²) in [6.07, 6.45) is 1.77. The molecule has 0 unspecified atom stereocenters. The first kappa shape index (κ1) is 19.7. The standard InChI is InChI=1S/C21H26N2O5/c1-25-16-5-7-17(8-6-16)28-13-12-22-20(24)23-21(10-11-21)15-4-9-18(26-2)19(14-15)27-3/h4-9,14H,10-13H2,1-3H3,(H2,22,23,24). The van der Waals surface area contributed by atoms with Crippen LogP contribution >= 0.6 is 0 Å². The lowest BCUT2D eigenvalue weighted by Crippen LogP contribution is -2.43. The van der Waals surface area contributed by atoms with E-state index in [1.54, 1.807) is 21.3 Å². The molecule has 0 aromatic heterocycles. The van der Waals surface area contributed by atoms with E-state index in [0.717, 1.165) is 29.9 Å². The Balaban J connectivity index is 1.47. The average molecular weight is 386 g/mol. The van der Waals surface area contributed by atoms with Crippen LogP contribution in [0.2, 0.25) is 0 Å². The lowest BCUT2D eigenvalue weighted by molar-refractivity contribution is 0.231. The van der Waals surface area contributed by atoms with E-state index in [9.17, 15) is 4.79 Å². The predicted octanol–water partition coefficient (Wildman–Crippen LogP) is 3.08. The molecule has 2 aromatic rings. The highest BCUT2D eigenvalue weighted by atomic mass is 16.5. The summed E-state index contributed by atoms with van der Waals surface area (Å²) in [7, 11) is 4.82. The number of hydrogen-bond acceptors (Lipinski definition) is 5. The maximum absolute atomic E-state index is 12.3. The van der Waals surface area contributed by atoms with Gasteiger partial charge in [-0.3, -0.25) is 0 Å². The van der Waals surface area contributed by atoms with Gasteiger partial charge in [0, 0.05) is 0 Å². The highest BCUT2D eigenvalue weighted by Gasteiger charge is 2.46. The molecule has 0 aliphatic heterocycles. The second-order valence-electron chi connectivity index (χ2n) is 6.56. The number of carbonyl (C=O) groups is 1. The van der Waals surface area contributed by atoms with Crippen molar-refractivity contribution in [1.82, 2.24) is 10.6 Å². The third-order valence-corrected chi connectivity index (χ3v) is 4.75. The average Bonchev–Trinajstić information content (AvgIpc) is 3.51. The number of urea groups is 1. The van der Waals surface area contributed by atoms with E-state index in [2.05, 4.69) is 10.6 Å². The van der Waals surface area contributed by atoms with Crippen molar-refractivity contribution in [3.8, 4) is 23.0 Å². The summed E-state index contributed by atoms with van der Waals surface area (Å²) in [5.74, 6) is 2.82. The molecule has 0 bridgehead atoms. The summed E-state index contributed by atoms with van der Waals surface area (Å²) in [6, 6.07) is 12.8. The molecule has 0 heterocycles. The van der Waals surface area contributed by atoms with Gasteiger partial charge in [0.1, 0.15) is 18.1 Å². The van der Waals surface area contributed by atoms with Crippen LogP contribution in [0.5, 0.6) is 23.0 Å². The van der Waals surface area contributed by atoms with Gasteiger partial charge in [0.2, 0.25) is 0 Å². The minimum atomic E-state index is -0.347. The SMILES string of the molecule is COc1ccc(OCCNC(=O)NC2(c3ccc(OC)c(OC)c3)CC2)cc1. The van der Waals surface area contributed by atoms with Crippen LogP contribution in [-0.2, 0) is 5.54 Å². The molecule has 0 radical (unpaired) electrons. The number of benzene rings is 2. The monoisotopic (exact) mass is 386 g/mol. The van der Waals surface area contributed by atoms with E-state index in [-0.39, 0.29) is 11.6 Å². The minimum absolute atomic E-state index is 0.217. The first-order valence-electron chi connectivity index (χ1n) is 9.15. The van der Waals surface area contributed by atoms with Crippen molar-refractivity contribution in [3.05, 3.63) is 48.0 Å². The fraction of sp³-hybridized carbons (Fsp3) is 0.381. The van der Waals surface area contributed by atoms with Gasteiger partial charge in [-0.05, 0) is 54.8 Å². The third kappa shape index (κ3) is 4.60. The van der Waals surface area contributed by atoms with E-state index >= 15 is 0 Å². The molecule has 150 valence electrons. The Morgan fingerprint density at radius 3 is 2.21 bits per heavy atom. The van der Waals surface area contributed by atoms with Crippen LogP contribution in [0, 0.1) is 0 Å². The molecule has 0 saturated heterocycles. The van der Waals surface area contributed by atoms with Gasteiger partial charge in [0.05, 0.1) is 33.4 Å². The van der Waals surface area contributed by atoms with Crippen molar-refractivity contribution < 1.29 is 23.7 Å². The lowest BCUT2D eigenvalue weighted by Gasteiger charge is -2.20. The summed E-state index contributed by atoms with van der Waals surface area (Å²) in [5, 5.41) is 5.90. The quantitative estimate of drug-likeness (QED) is 0.648. The molecular weight excluding hydrogens is 360 g/mol. The fourth-order valence-electron chi connectivity index (χ4n) is 3.01. The second kappa shape index (κ2) is 8.73. The van der Waals surface area contributed by atoms with Crippen LogP contribution in [0.1, 0.15) is 18.4 Å². The molecule has 28 heavy (non-hydrogen) atoms. The Hall–Kier alpha value is -3.09. The molecule has 7 nitrogen and oxygen atoms in total. The zero-order valence-corrected chi connectivity index (χ0v) is 16.4. The first-order chi connectivity index (χ1) is 13.6. The second-order valence-corrected chi connectivity index (χ2v) is 6.56. The Kier molecular flexibility index (Phi) is 6.13. The van der Waals surface area contributed by atoms with Crippen molar-refractivity contribution in [2.75, 3.05) is 34.5 Å². The Morgan fingerprint density at radius 2 is 1.61 bits per heavy atom. The first-order valence-corrected chi connectivity index (χ1v) is 9.15. The topological polar surface area (TPSA) is 78.1 Å². The normalized spacial score (nSPS) is 14.0. The van der Waals surface area contributed by atoms with E-state index in [4.69, 9.17) is 18.9 Å². The van der Waals surface area contributed by atoms with Crippen molar-refractivity contribution >= 4 is 6.03 Å². The lowest BCUT2D eigenvalue weighted by atomic mass is 10.0. The molecular formula is C21H26N2O5. The predicted molar refractivity (Wildman–Crippen MR) is 105 cm³/mol. The molecule has 0 atom stereocenters. The Bertz CT molecular complexity index is 803. The van der Waals surface area contributed by atoms with E-state index in [0.29, 0.717) is 24.7 Å². The number of rotatable bonds is 9. The highest BCUT2D eigenvalue weighted by Crippen LogP contribution is 2.47. The molecule has 1 aliphatic carbocycles. The largest absolute Gasteiger partial charge is 0.497 e. The maximum Gasteiger partial charge on any atom is 0.315 e. The summed E-state index contributed by atoms with van der Waals surface area (Å²) in [4.78, 5) is 12.3. The van der Waals surface area contributed by atoms with Crippen molar-refractivity contribution in [2.24, 2.45) is 0 Å². The highest BCUT2D eigenvalue weighted by molar-refractivity contribution is 5.75. The van der Waals surface area contributed by atoms with Crippen LogP contribution in [0.3, 0.4) is 0 Å². The molecule has 2 amide bonds. The van der Waals surface area contributed by atoms with Crippen LogP contribution in [0.4, 0.5) is 4.79 Å². The molecule has 1 fully saturated rings. The smallest absolute Gasteiger partial charge is 0.315 e. The number of nitrogens with one attached hydrogen (secondary N) is 2. The van der Waals surface area contributed by atoms with Gasteiger partial charge in [-0.2, -0.15) is 0 Å². The van der Waals surface area contributed by atoms with Gasteiger partial charge in [-0.1, -0.05) is 6.07 Å². The van der Waals surface area contributed by atoms with E-state index in [1.807, 2.05) is 42.5 Å². The minimum Gasteiger partial charge on any atom is -0.497 e. The van der Waals surface area contributed by atoms with Crippen molar-refractivity contribution in [1.29, 1.82) is 0 Å². The van der Waals surface area contributed by atoms with Crippen molar-refractivity contribution in [3.63, 3.8) is 0 Å². The van der Waals surface area contributed by atoms with Crippen LogP contribution < -0.4 is 29.6 Å². The fourth-order valence-corrected chi connectivity index (χ4v) is 3.01. The number of methoxy groups -OCH3 is 3. The number of carbonyl (C=O) groups excluding carboxylic acids is 1. The molecule has 1 aliphatic rings. The molecule has 7 heteroatoms. The number of ether oxygens (including phenoxy) is 4. The van der Waals surface area contributed by atoms with Gasteiger partial charge in [0.15, 0.2) is 11.5 Å².